The van der Waals surface area contributed by atoms with Crippen LogP contribution >= 0.6 is 0 Å². The normalized spacial score (nSPS) is 13.2. The Morgan fingerprint density at radius 2 is 1.81 bits per heavy atom. The van der Waals surface area contributed by atoms with Gasteiger partial charge in [0.2, 0.25) is 0 Å². The molecule has 4 nitrogen and oxygen atoms in total. The molecule has 84 valence electrons. The van der Waals surface area contributed by atoms with E-state index in [0.717, 1.165) is 17.2 Å². The molecule has 0 radical (unpaired) electrons. The van der Waals surface area contributed by atoms with Crippen LogP contribution < -0.4 is 5.49 Å². The van der Waals surface area contributed by atoms with Crippen molar-refractivity contribution >= 4 is 20.9 Å². The third kappa shape index (κ3) is 2.14. The number of rotatable bonds is 1. The number of aromatic nitrogens is 1. The maximum atomic E-state index is 11.1. The van der Waals surface area contributed by atoms with E-state index >= 15 is 0 Å². The molecule has 1 aromatic heterocycles. The molecule has 1 heterocycles. The van der Waals surface area contributed by atoms with Gasteiger partial charge in [-0.25, -0.2) is 8.42 Å². The van der Waals surface area contributed by atoms with Crippen LogP contribution in [-0.2, 0) is 17.1 Å². The van der Waals surface area contributed by atoms with Gasteiger partial charge >= 0.3 is 0 Å². The summed E-state index contributed by atoms with van der Waals surface area (Å²) in [5.74, 6) is 0. The molecule has 0 aliphatic heterocycles. The molecule has 0 bridgehead atoms. The van der Waals surface area contributed by atoms with Crippen molar-refractivity contribution in [2.45, 2.75) is 0 Å². The van der Waals surface area contributed by atoms with Crippen LogP contribution in [0.15, 0.2) is 40.8 Å². The highest BCUT2D eigenvalue weighted by atomic mass is 32.2. The van der Waals surface area contributed by atoms with Crippen LogP contribution in [0.25, 0.3) is 10.9 Å². The predicted molar refractivity (Wildman–Crippen MR) is 63.3 cm³/mol. The molecule has 2 rings (SSSR count). The number of pyridine rings is 1. The topological polar surface area (TPSA) is 51.4 Å². The zero-order valence-electron chi connectivity index (χ0n) is 9.08. The lowest BCUT2D eigenvalue weighted by Gasteiger charge is -2.05. The van der Waals surface area contributed by atoms with Crippen molar-refractivity contribution in [3.63, 3.8) is 0 Å². The van der Waals surface area contributed by atoms with E-state index in [4.69, 9.17) is 0 Å². The van der Waals surface area contributed by atoms with Gasteiger partial charge in [-0.05, 0) is 23.6 Å². The van der Waals surface area contributed by atoms with Gasteiger partial charge in [0.15, 0.2) is 0 Å². The Balaban J connectivity index is 2.86. The molecule has 0 atom stereocenters. The number of fused-ring (bicyclic) bond motifs is 1. The van der Waals surface area contributed by atoms with Gasteiger partial charge < -0.3 is 4.57 Å². The fourth-order valence-electron chi connectivity index (χ4n) is 1.60. The van der Waals surface area contributed by atoms with Crippen molar-refractivity contribution in [2.75, 3.05) is 6.26 Å². The monoisotopic (exact) mass is 236 g/mol. The summed E-state index contributed by atoms with van der Waals surface area (Å²) in [6, 6.07) is 11.3. The summed E-state index contributed by atoms with van der Waals surface area (Å²) in [6.45, 7) is 0. The Morgan fingerprint density at radius 3 is 2.50 bits per heavy atom. The standard InChI is InChI=1S/C11H12N2O2S/c1-13-10-6-4-3-5-9(10)7-8-11(13)12-16(2,14)15/h3-8H,1-2H3/b12-11+. The number of sulfonamides is 1. The van der Waals surface area contributed by atoms with Crippen LogP contribution in [0.5, 0.6) is 0 Å². The molecular formula is C11H12N2O2S. The number of aryl methyl sites for hydroxylation is 1. The molecule has 0 aliphatic carbocycles. The third-order valence-corrected chi connectivity index (χ3v) is 2.83. The van der Waals surface area contributed by atoms with E-state index in [-0.39, 0.29) is 0 Å². The molecule has 0 spiro atoms. The van der Waals surface area contributed by atoms with Gasteiger partial charge in [0, 0.05) is 12.6 Å². The SMILES string of the molecule is Cn1/c(=N/S(C)(=O)=O)ccc2ccccc21. The van der Waals surface area contributed by atoms with Crippen molar-refractivity contribution in [3.8, 4) is 0 Å². The summed E-state index contributed by atoms with van der Waals surface area (Å²) >= 11 is 0. The van der Waals surface area contributed by atoms with Crippen molar-refractivity contribution in [2.24, 2.45) is 11.4 Å². The van der Waals surface area contributed by atoms with Crippen molar-refractivity contribution < 1.29 is 8.42 Å². The first-order valence-corrected chi connectivity index (χ1v) is 6.63. The lowest BCUT2D eigenvalue weighted by atomic mass is 10.2. The van der Waals surface area contributed by atoms with Gasteiger partial charge in [-0.2, -0.15) is 0 Å². The number of hydrogen-bond donors (Lipinski definition) is 0. The fraction of sp³-hybridized carbons (Fsp3) is 0.182. The molecule has 0 aliphatic rings. The Hall–Kier alpha value is -1.62. The molecule has 1 aromatic carbocycles. The predicted octanol–water partition coefficient (Wildman–Crippen LogP) is 1.04. The Labute approximate surface area is 93.9 Å². The fourth-order valence-corrected chi connectivity index (χ4v) is 2.12. The van der Waals surface area contributed by atoms with Gasteiger partial charge in [0.1, 0.15) is 5.49 Å². The summed E-state index contributed by atoms with van der Waals surface area (Å²) in [4.78, 5) is 0. The average molecular weight is 236 g/mol. The molecular weight excluding hydrogens is 224 g/mol. The summed E-state index contributed by atoms with van der Waals surface area (Å²) < 4.78 is 27.7. The van der Waals surface area contributed by atoms with E-state index in [1.807, 2.05) is 30.3 Å². The van der Waals surface area contributed by atoms with Gasteiger partial charge in [0.05, 0.1) is 6.26 Å². The number of para-hydroxylation sites is 1. The zero-order chi connectivity index (χ0) is 11.8. The first kappa shape index (κ1) is 10.9. The number of nitrogens with zero attached hydrogens (tertiary/aromatic N) is 2. The lowest BCUT2D eigenvalue weighted by molar-refractivity contribution is 0.601. The average Bonchev–Trinajstić information content (AvgIpc) is 2.21. The molecule has 0 saturated carbocycles. The molecule has 0 saturated heterocycles. The van der Waals surface area contributed by atoms with Crippen LogP contribution in [0.2, 0.25) is 0 Å². The Morgan fingerprint density at radius 1 is 1.12 bits per heavy atom. The zero-order valence-corrected chi connectivity index (χ0v) is 9.90. The van der Waals surface area contributed by atoms with Crippen molar-refractivity contribution in [1.82, 2.24) is 4.57 Å². The first-order valence-electron chi connectivity index (χ1n) is 4.78. The number of benzene rings is 1. The molecule has 16 heavy (non-hydrogen) atoms. The van der Waals surface area contributed by atoms with Crippen LogP contribution in [0, 0.1) is 0 Å². The van der Waals surface area contributed by atoms with Crippen molar-refractivity contribution in [1.29, 1.82) is 0 Å². The van der Waals surface area contributed by atoms with E-state index in [2.05, 4.69) is 4.40 Å². The summed E-state index contributed by atoms with van der Waals surface area (Å²) in [7, 11) is -1.57. The largest absolute Gasteiger partial charge is 0.328 e. The highest BCUT2D eigenvalue weighted by Crippen LogP contribution is 2.09. The van der Waals surface area contributed by atoms with Crippen LogP contribution in [0.4, 0.5) is 0 Å². The first-order chi connectivity index (χ1) is 7.47. The molecule has 5 heteroatoms. The highest BCUT2D eigenvalue weighted by molar-refractivity contribution is 7.89. The Bertz CT molecular complexity index is 699. The molecule has 2 aromatic rings. The van der Waals surface area contributed by atoms with Gasteiger partial charge in [-0.15, -0.1) is 4.40 Å². The maximum absolute atomic E-state index is 11.1. The smallest absolute Gasteiger partial charge is 0.252 e. The number of hydrogen-bond acceptors (Lipinski definition) is 2. The summed E-state index contributed by atoms with van der Waals surface area (Å²) in [6.07, 6.45) is 1.09. The second-order valence-electron chi connectivity index (χ2n) is 3.63. The molecule has 0 fully saturated rings. The van der Waals surface area contributed by atoms with Gasteiger partial charge in [0.25, 0.3) is 10.0 Å². The van der Waals surface area contributed by atoms with Gasteiger partial charge in [-0.1, -0.05) is 18.2 Å². The van der Waals surface area contributed by atoms with E-state index < -0.39 is 10.0 Å². The molecule has 0 amide bonds. The molecule has 0 N–H and O–H groups in total. The molecule has 0 unspecified atom stereocenters. The van der Waals surface area contributed by atoms with Gasteiger partial charge in [-0.3, -0.25) is 0 Å². The van der Waals surface area contributed by atoms with Crippen molar-refractivity contribution in [3.05, 3.63) is 41.9 Å². The Kier molecular flexibility index (Phi) is 2.55. The quantitative estimate of drug-likeness (QED) is 0.742. The maximum Gasteiger partial charge on any atom is 0.252 e. The second kappa shape index (κ2) is 3.75. The minimum absolute atomic E-state index is 0.432. The minimum Gasteiger partial charge on any atom is -0.328 e. The van der Waals surface area contributed by atoms with Crippen LogP contribution in [-0.4, -0.2) is 19.2 Å². The highest BCUT2D eigenvalue weighted by Gasteiger charge is 2.00. The summed E-state index contributed by atoms with van der Waals surface area (Å²) in [5.41, 5.74) is 1.38. The van der Waals surface area contributed by atoms with Crippen LogP contribution in [0.3, 0.4) is 0 Å². The van der Waals surface area contributed by atoms with E-state index in [1.165, 1.54) is 0 Å². The lowest BCUT2D eigenvalue weighted by Crippen LogP contribution is -2.19. The van der Waals surface area contributed by atoms with E-state index in [1.54, 1.807) is 17.7 Å². The second-order valence-corrected chi connectivity index (χ2v) is 5.28. The van der Waals surface area contributed by atoms with E-state index in [0.29, 0.717) is 5.49 Å². The summed E-state index contributed by atoms with van der Waals surface area (Å²) in [5, 5.41) is 1.05. The minimum atomic E-state index is -3.36. The van der Waals surface area contributed by atoms with E-state index in [9.17, 15) is 8.42 Å². The third-order valence-electron chi connectivity index (χ3n) is 2.31. The van der Waals surface area contributed by atoms with Crippen LogP contribution in [0.1, 0.15) is 0 Å².